The Hall–Kier alpha value is -3.02. The van der Waals surface area contributed by atoms with Crippen LogP contribution < -0.4 is 14.8 Å². The van der Waals surface area contributed by atoms with Crippen molar-refractivity contribution in [3.8, 4) is 11.5 Å². The van der Waals surface area contributed by atoms with E-state index in [1.165, 1.54) is 5.56 Å². The van der Waals surface area contributed by atoms with Gasteiger partial charge in [-0.15, -0.1) is 0 Å². The predicted molar refractivity (Wildman–Crippen MR) is 106 cm³/mol. The van der Waals surface area contributed by atoms with Gasteiger partial charge in [-0.3, -0.25) is 9.59 Å². The molecule has 1 fully saturated rings. The molecule has 6 heteroatoms. The van der Waals surface area contributed by atoms with Crippen LogP contribution in [-0.4, -0.2) is 36.6 Å². The molecular weight excluding hydrogens is 356 g/mol. The third-order valence-corrected chi connectivity index (χ3v) is 5.55. The lowest BCUT2D eigenvalue weighted by molar-refractivity contribution is -0.121. The lowest BCUT2D eigenvalue weighted by atomic mass is 9.95. The first kappa shape index (κ1) is 18.3. The summed E-state index contributed by atoms with van der Waals surface area (Å²) in [5, 5.41) is 2.95. The monoisotopic (exact) mass is 380 g/mol. The van der Waals surface area contributed by atoms with Gasteiger partial charge < -0.3 is 19.7 Å². The molecular formula is C22H24N2O4. The Morgan fingerprint density at radius 1 is 0.964 bits per heavy atom. The van der Waals surface area contributed by atoms with Crippen LogP contribution in [0.3, 0.4) is 0 Å². The number of carbonyl (C=O) groups excluding carboxylic acids is 2. The third-order valence-electron chi connectivity index (χ3n) is 5.55. The van der Waals surface area contributed by atoms with Crippen molar-refractivity contribution >= 4 is 17.5 Å². The van der Waals surface area contributed by atoms with E-state index in [-0.39, 0.29) is 24.5 Å². The van der Waals surface area contributed by atoms with Crippen molar-refractivity contribution in [3.05, 3.63) is 53.1 Å². The fourth-order valence-electron chi connectivity index (χ4n) is 3.62. The van der Waals surface area contributed by atoms with Crippen LogP contribution in [0.4, 0.5) is 5.69 Å². The van der Waals surface area contributed by atoms with Gasteiger partial charge in [0, 0.05) is 36.3 Å². The quantitative estimate of drug-likeness (QED) is 0.885. The second-order valence-electron chi connectivity index (χ2n) is 7.42. The number of aryl methyl sites for hydroxylation is 2. The second-order valence-corrected chi connectivity index (χ2v) is 7.42. The summed E-state index contributed by atoms with van der Waals surface area (Å²) >= 11 is 0. The van der Waals surface area contributed by atoms with E-state index in [0.717, 1.165) is 5.56 Å². The van der Waals surface area contributed by atoms with E-state index in [4.69, 9.17) is 9.47 Å². The molecule has 0 aromatic heterocycles. The predicted octanol–water partition coefficient (Wildman–Crippen LogP) is 3.52. The number of rotatable bonds is 3. The highest BCUT2D eigenvalue weighted by molar-refractivity contribution is 5.95. The Kier molecular flexibility index (Phi) is 4.94. The third kappa shape index (κ3) is 3.67. The van der Waals surface area contributed by atoms with Crippen molar-refractivity contribution in [1.29, 1.82) is 0 Å². The van der Waals surface area contributed by atoms with E-state index in [1.54, 1.807) is 12.1 Å². The van der Waals surface area contributed by atoms with Gasteiger partial charge in [-0.1, -0.05) is 6.07 Å². The lowest BCUT2D eigenvalue weighted by Crippen LogP contribution is -2.41. The Balaban J connectivity index is 1.33. The molecule has 4 rings (SSSR count). The number of nitrogens with one attached hydrogen (secondary N) is 1. The molecule has 0 spiro atoms. The molecule has 1 N–H and O–H groups in total. The maximum atomic E-state index is 12.7. The van der Waals surface area contributed by atoms with Gasteiger partial charge >= 0.3 is 0 Å². The highest BCUT2D eigenvalue weighted by atomic mass is 16.7. The Morgan fingerprint density at radius 3 is 2.46 bits per heavy atom. The van der Waals surface area contributed by atoms with Gasteiger partial charge in [0.2, 0.25) is 12.7 Å². The molecule has 2 aromatic carbocycles. The minimum absolute atomic E-state index is 0.0165. The van der Waals surface area contributed by atoms with Crippen molar-refractivity contribution in [2.75, 3.05) is 25.2 Å². The first-order valence-electron chi connectivity index (χ1n) is 9.58. The summed E-state index contributed by atoms with van der Waals surface area (Å²) in [5.74, 6) is 1.26. The van der Waals surface area contributed by atoms with Crippen LogP contribution in [-0.2, 0) is 4.79 Å². The summed E-state index contributed by atoms with van der Waals surface area (Å²) in [5.41, 5.74) is 3.70. The fraction of sp³-hybridized carbons (Fsp3) is 0.364. The van der Waals surface area contributed by atoms with Crippen LogP contribution >= 0.6 is 0 Å². The van der Waals surface area contributed by atoms with Crippen molar-refractivity contribution in [1.82, 2.24) is 4.90 Å². The molecule has 6 nitrogen and oxygen atoms in total. The number of hydrogen-bond donors (Lipinski definition) is 1. The molecule has 0 saturated carbocycles. The van der Waals surface area contributed by atoms with Crippen molar-refractivity contribution in [2.45, 2.75) is 26.7 Å². The lowest BCUT2D eigenvalue weighted by Gasteiger charge is -2.31. The minimum Gasteiger partial charge on any atom is -0.454 e. The number of amides is 2. The normalized spacial score (nSPS) is 16.1. The number of hydrogen-bond acceptors (Lipinski definition) is 4. The number of ether oxygens (including phenoxy) is 2. The molecule has 2 amide bonds. The minimum atomic E-state index is -0.103. The zero-order chi connectivity index (χ0) is 19.7. The number of piperidine rings is 1. The van der Waals surface area contributed by atoms with Crippen LogP contribution in [0, 0.1) is 19.8 Å². The van der Waals surface area contributed by atoms with Gasteiger partial charge in [0.25, 0.3) is 5.91 Å². The molecule has 0 atom stereocenters. The van der Waals surface area contributed by atoms with Crippen molar-refractivity contribution < 1.29 is 19.1 Å². The molecule has 0 radical (unpaired) electrons. The van der Waals surface area contributed by atoms with Gasteiger partial charge in [0.15, 0.2) is 11.5 Å². The summed E-state index contributed by atoms with van der Waals surface area (Å²) in [7, 11) is 0. The summed E-state index contributed by atoms with van der Waals surface area (Å²) in [6, 6.07) is 11.2. The smallest absolute Gasteiger partial charge is 0.253 e. The van der Waals surface area contributed by atoms with Gasteiger partial charge in [-0.2, -0.15) is 0 Å². The van der Waals surface area contributed by atoms with E-state index in [9.17, 15) is 9.59 Å². The highest BCUT2D eigenvalue weighted by Gasteiger charge is 2.28. The van der Waals surface area contributed by atoms with Gasteiger partial charge in [0.05, 0.1) is 0 Å². The van der Waals surface area contributed by atoms with Crippen LogP contribution in [0.1, 0.15) is 34.3 Å². The number of carbonyl (C=O) groups is 2. The first-order chi connectivity index (χ1) is 13.5. The maximum absolute atomic E-state index is 12.7. The topological polar surface area (TPSA) is 67.9 Å². The van der Waals surface area contributed by atoms with Gasteiger partial charge in [-0.25, -0.2) is 0 Å². The first-order valence-corrected chi connectivity index (χ1v) is 9.58. The highest BCUT2D eigenvalue weighted by Crippen LogP contribution is 2.34. The summed E-state index contributed by atoms with van der Waals surface area (Å²) in [6.45, 7) is 5.43. The molecule has 2 heterocycles. The average Bonchev–Trinajstić information content (AvgIpc) is 3.17. The molecule has 2 aliphatic heterocycles. The van der Waals surface area contributed by atoms with Gasteiger partial charge in [-0.05, 0) is 62.1 Å². The summed E-state index contributed by atoms with van der Waals surface area (Å²) in [6.07, 6.45) is 1.32. The molecule has 146 valence electrons. The van der Waals surface area contributed by atoms with Crippen molar-refractivity contribution in [2.24, 2.45) is 5.92 Å². The van der Waals surface area contributed by atoms with Crippen LogP contribution in [0.15, 0.2) is 36.4 Å². The standard InChI is InChI=1S/C22H24N2O4/c1-14-3-4-17(11-15(14)2)22(26)24-9-7-16(8-10-24)21(25)23-18-5-6-19-20(12-18)28-13-27-19/h3-6,11-12,16H,7-10,13H2,1-2H3,(H,23,25). The molecule has 2 aliphatic rings. The van der Waals surface area contributed by atoms with E-state index in [0.29, 0.717) is 48.7 Å². The van der Waals surface area contributed by atoms with Crippen LogP contribution in [0.2, 0.25) is 0 Å². The average molecular weight is 380 g/mol. The molecule has 28 heavy (non-hydrogen) atoms. The van der Waals surface area contributed by atoms with E-state index in [1.807, 2.05) is 43.0 Å². The van der Waals surface area contributed by atoms with Crippen LogP contribution in [0.5, 0.6) is 11.5 Å². The van der Waals surface area contributed by atoms with Gasteiger partial charge in [0.1, 0.15) is 0 Å². The molecule has 1 saturated heterocycles. The van der Waals surface area contributed by atoms with Crippen LogP contribution in [0.25, 0.3) is 0 Å². The second kappa shape index (κ2) is 7.54. The Morgan fingerprint density at radius 2 is 1.71 bits per heavy atom. The SMILES string of the molecule is Cc1ccc(C(=O)N2CCC(C(=O)Nc3ccc4c(c3)OCO4)CC2)cc1C. The van der Waals surface area contributed by atoms with E-state index in [2.05, 4.69) is 5.32 Å². The Labute approximate surface area is 164 Å². The number of anilines is 1. The Bertz CT molecular complexity index is 917. The zero-order valence-corrected chi connectivity index (χ0v) is 16.2. The molecule has 2 aromatic rings. The molecule has 0 bridgehead atoms. The van der Waals surface area contributed by atoms with E-state index < -0.39 is 0 Å². The number of fused-ring (bicyclic) bond motifs is 1. The van der Waals surface area contributed by atoms with E-state index >= 15 is 0 Å². The largest absolute Gasteiger partial charge is 0.454 e. The maximum Gasteiger partial charge on any atom is 0.253 e. The summed E-state index contributed by atoms with van der Waals surface area (Å²) in [4.78, 5) is 27.2. The number of benzene rings is 2. The van der Waals surface area contributed by atoms with Crippen molar-refractivity contribution in [3.63, 3.8) is 0 Å². The molecule has 0 aliphatic carbocycles. The summed E-state index contributed by atoms with van der Waals surface area (Å²) < 4.78 is 10.6. The number of likely N-dealkylation sites (tertiary alicyclic amines) is 1. The fourth-order valence-corrected chi connectivity index (χ4v) is 3.62. The molecule has 0 unspecified atom stereocenters. The zero-order valence-electron chi connectivity index (χ0n) is 16.2. The number of nitrogens with zero attached hydrogens (tertiary/aromatic N) is 1.